The van der Waals surface area contributed by atoms with Gasteiger partial charge in [-0.3, -0.25) is 9.55 Å². The second-order valence-electron chi connectivity index (χ2n) is 12.6. The summed E-state index contributed by atoms with van der Waals surface area (Å²) >= 11 is 0. The van der Waals surface area contributed by atoms with Crippen LogP contribution in [0.1, 0.15) is 11.1 Å². The lowest BCUT2D eigenvalue weighted by atomic mass is 9.91. The normalized spacial score (nSPS) is 12.7. The zero-order valence-corrected chi connectivity index (χ0v) is 27.0. The summed E-state index contributed by atoms with van der Waals surface area (Å²) in [5, 5.41) is 4.44. The van der Waals surface area contributed by atoms with Gasteiger partial charge < -0.3 is 4.74 Å². The minimum absolute atomic E-state index is 0.828. The van der Waals surface area contributed by atoms with Crippen LogP contribution in [0.3, 0.4) is 0 Å². The molecule has 6 aromatic carbocycles. The quantitative estimate of drug-likeness (QED) is 0.189. The van der Waals surface area contributed by atoms with Crippen molar-refractivity contribution in [1.82, 2.24) is 14.5 Å². The lowest BCUT2D eigenvalue weighted by molar-refractivity contribution is 0.492. The highest BCUT2D eigenvalue weighted by molar-refractivity contribution is 6.10. The van der Waals surface area contributed by atoms with Crippen LogP contribution in [0.15, 0.2) is 164 Å². The summed E-state index contributed by atoms with van der Waals surface area (Å²) in [5.41, 5.74) is 11.0. The molecule has 0 fully saturated rings. The third kappa shape index (κ3) is 4.54. The topological polar surface area (TPSA) is 39.9 Å². The Labute approximate surface area is 289 Å². The summed E-state index contributed by atoms with van der Waals surface area (Å²) in [7, 11) is 0. The number of fused-ring (bicyclic) bond motifs is 11. The maximum Gasteiger partial charge on any atom is 0.143 e. The average Bonchev–Trinajstić information content (AvgIpc) is 3.50. The van der Waals surface area contributed by atoms with Gasteiger partial charge in [-0.1, -0.05) is 109 Å². The van der Waals surface area contributed by atoms with Crippen molar-refractivity contribution in [2.75, 3.05) is 0 Å². The number of hydrogen-bond acceptors (Lipinski definition) is 3. The van der Waals surface area contributed by atoms with E-state index in [0.29, 0.717) is 0 Å². The Morgan fingerprint density at radius 3 is 2.16 bits per heavy atom. The first-order valence-electron chi connectivity index (χ1n) is 16.8. The van der Waals surface area contributed by atoms with Crippen LogP contribution in [0.5, 0.6) is 11.5 Å². The van der Waals surface area contributed by atoms with Crippen molar-refractivity contribution in [3.05, 3.63) is 175 Å². The third-order valence-corrected chi connectivity index (χ3v) is 9.79. The van der Waals surface area contributed by atoms with Gasteiger partial charge in [-0.05, 0) is 87.3 Å². The largest absolute Gasteiger partial charge is 0.455 e. The number of ether oxygens (including phenoxy) is 1. The van der Waals surface area contributed by atoms with Gasteiger partial charge in [-0.2, -0.15) is 0 Å². The fourth-order valence-electron chi connectivity index (χ4n) is 7.41. The van der Waals surface area contributed by atoms with Crippen molar-refractivity contribution < 1.29 is 4.74 Å². The van der Waals surface area contributed by atoms with Crippen molar-refractivity contribution in [3.63, 3.8) is 0 Å². The molecule has 0 saturated carbocycles. The van der Waals surface area contributed by atoms with Gasteiger partial charge in [-0.25, -0.2) is 4.98 Å². The molecule has 9 aromatic rings. The molecule has 1 aliphatic heterocycles. The van der Waals surface area contributed by atoms with Crippen molar-refractivity contribution in [3.8, 4) is 50.7 Å². The lowest BCUT2D eigenvalue weighted by Crippen LogP contribution is -1.96. The molecule has 0 radical (unpaired) electrons. The van der Waals surface area contributed by atoms with Gasteiger partial charge in [-0.15, -0.1) is 0 Å². The summed E-state index contributed by atoms with van der Waals surface area (Å²) in [4.78, 5) is 9.18. The highest BCUT2D eigenvalue weighted by Crippen LogP contribution is 2.46. The van der Waals surface area contributed by atoms with Crippen LogP contribution in [0.4, 0.5) is 0 Å². The number of rotatable bonds is 2. The summed E-state index contributed by atoms with van der Waals surface area (Å²) in [6, 6.07) is 51.3. The summed E-state index contributed by atoms with van der Waals surface area (Å²) in [5.74, 6) is 2.56. The number of para-hydroxylation sites is 1. The van der Waals surface area contributed by atoms with Crippen LogP contribution in [0.25, 0.3) is 83.9 Å². The number of nitrogens with zero attached hydrogens (tertiary/aromatic N) is 3. The molecule has 4 nitrogen and oxygen atoms in total. The number of hydrogen-bond donors (Lipinski definition) is 0. The number of pyridine rings is 2. The zero-order chi connectivity index (χ0) is 33.0. The van der Waals surface area contributed by atoms with Gasteiger partial charge in [0.15, 0.2) is 0 Å². The molecule has 0 unspecified atom stereocenters. The fraction of sp³-hybridized carbons (Fsp3) is 0. The van der Waals surface area contributed by atoms with Crippen molar-refractivity contribution >= 4 is 44.7 Å². The molecule has 4 heteroatoms. The van der Waals surface area contributed by atoms with E-state index in [9.17, 15) is 0 Å². The predicted octanol–water partition coefficient (Wildman–Crippen LogP) is 12.0. The predicted molar refractivity (Wildman–Crippen MR) is 206 cm³/mol. The van der Waals surface area contributed by atoms with Crippen LogP contribution in [0.2, 0.25) is 0 Å². The number of aromatic nitrogens is 3. The van der Waals surface area contributed by atoms with E-state index in [1.165, 1.54) is 0 Å². The molecule has 0 spiro atoms. The van der Waals surface area contributed by atoms with Gasteiger partial charge in [0.2, 0.25) is 0 Å². The van der Waals surface area contributed by atoms with Crippen molar-refractivity contribution in [1.29, 1.82) is 0 Å². The standard InChI is InChI=1S/C46H29N3O/c1-3-11-35-30(9-1)16-17-32-18-19-33(34-21-23-42-40(28-34)41-29-47-26-24-43(41)49(42)45-15-7-8-25-48-45)27-39(32)38-22-20-31-10-2-4-12-36(31)46(38)50-44-14-6-5-13-37(35)44/h1-29H/b17-16-. The molecule has 0 saturated heterocycles. The molecule has 3 aromatic heterocycles. The van der Waals surface area contributed by atoms with Crippen LogP contribution >= 0.6 is 0 Å². The van der Waals surface area contributed by atoms with Crippen LogP contribution in [0, 0.1) is 0 Å². The third-order valence-electron chi connectivity index (χ3n) is 9.79. The Morgan fingerprint density at radius 1 is 0.480 bits per heavy atom. The minimum atomic E-state index is 0.828. The molecule has 0 aliphatic carbocycles. The molecule has 0 amide bonds. The smallest absolute Gasteiger partial charge is 0.143 e. The highest BCUT2D eigenvalue weighted by Gasteiger charge is 2.20. The molecule has 50 heavy (non-hydrogen) atoms. The zero-order valence-electron chi connectivity index (χ0n) is 27.0. The Balaban J connectivity index is 1.22. The van der Waals surface area contributed by atoms with E-state index in [1.54, 1.807) is 0 Å². The van der Waals surface area contributed by atoms with E-state index in [0.717, 1.165) is 94.4 Å². The van der Waals surface area contributed by atoms with Crippen LogP contribution in [-0.4, -0.2) is 14.5 Å². The van der Waals surface area contributed by atoms with E-state index in [2.05, 4.69) is 148 Å². The minimum Gasteiger partial charge on any atom is -0.455 e. The second-order valence-corrected chi connectivity index (χ2v) is 12.6. The number of benzene rings is 6. The van der Waals surface area contributed by atoms with E-state index in [-0.39, 0.29) is 0 Å². The Hall–Kier alpha value is -6.78. The SMILES string of the molecule is C1=C\c2ccc(-c3ccc4c(c3)c3cnccc3n4-c3ccccn3)cc2-c2ccc3ccccc3c2Oc2ccccc2-c2ccccc2/1. The first kappa shape index (κ1) is 28.3. The highest BCUT2D eigenvalue weighted by atomic mass is 16.5. The molecule has 4 heterocycles. The first-order valence-corrected chi connectivity index (χ1v) is 16.8. The van der Waals surface area contributed by atoms with E-state index < -0.39 is 0 Å². The average molecular weight is 640 g/mol. The van der Waals surface area contributed by atoms with Crippen molar-refractivity contribution in [2.45, 2.75) is 0 Å². The van der Waals surface area contributed by atoms with Gasteiger partial charge in [0.25, 0.3) is 0 Å². The Kier molecular flexibility index (Phi) is 6.46. The van der Waals surface area contributed by atoms with Crippen molar-refractivity contribution in [2.24, 2.45) is 0 Å². The van der Waals surface area contributed by atoms with E-state index in [1.807, 2.05) is 42.9 Å². The maximum atomic E-state index is 7.05. The maximum absolute atomic E-state index is 7.05. The summed E-state index contributed by atoms with van der Waals surface area (Å²) in [6.45, 7) is 0. The van der Waals surface area contributed by atoms with Gasteiger partial charge in [0.05, 0.1) is 11.0 Å². The monoisotopic (exact) mass is 639 g/mol. The molecule has 10 rings (SSSR count). The van der Waals surface area contributed by atoms with Crippen LogP contribution < -0.4 is 4.74 Å². The molecular weight excluding hydrogens is 611 g/mol. The van der Waals surface area contributed by atoms with Gasteiger partial charge in [0, 0.05) is 45.9 Å². The Bertz CT molecular complexity index is 2790. The van der Waals surface area contributed by atoms with Gasteiger partial charge >= 0.3 is 0 Å². The molecule has 0 bridgehead atoms. The molecule has 0 atom stereocenters. The summed E-state index contributed by atoms with van der Waals surface area (Å²) < 4.78 is 9.27. The second kappa shape index (κ2) is 11.4. The summed E-state index contributed by atoms with van der Waals surface area (Å²) in [6.07, 6.45) is 10.1. The van der Waals surface area contributed by atoms with Gasteiger partial charge in [0.1, 0.15) is 17.3 Å². The van der Waals surface area contributed by atoms with Crippen LogP contribution in [-0.2, 0) is 0 Å². The molecule has 1 aliphatic rings. The first-order chi connectivity index (χ1) is 24.8. The van der Waals surface area contributed by atoms with E-state index in [4.69, 9.17) is 4.74 Å². The lowest BCUT2D eigenvalue weighted by Gasteiger charge is -2.18. The van der Waals surface area contributed by atoms with E-state index >= 15 is 0 Å². The fourth-order valence-corrected chi connectivity index (χ4v) is 7.41. The molecular formula is C46H29N3O. The molecule has 0 N–H and O–H groups in total. The molecule has 234 valence electrons. The Morgan fingerprint density at radius 2 is 1.24 bits per heavy atom.